The second-order valence-electron chi connectivity index (χ2n) is 5.25. The summed E-state index contributed by atoms with van der Waals surface area (Å²) in [7, 11) is 0. The van der Waals surface area contributed by atoms with Crippen LogP contribution in [-0.4, -0.2) is 40.0 Å². The van der Waals surface area contributed by atoms with Gasteiger partial charge in [-0.3, -0.25) is 9.59 Å². The van der Waals surface area contributed by atoms with Crippen molar-refractivity contribution in [2.45, 2.75) is 31.9 Å². The monoisotopic (exact) mass is 336 g/mol. The maximum atomic E-state index is 12.6. The van der Waals surface area contributed by atoms with Gasteiger partial charge >= 0.3 is 12.1 Å². The van der Waals surface area contributed by atoms with Crippen molar-refractivity contribution in [2.24, 2.45) is 5.92 Å². The maximum absolute atomic E-state index is 12.6. The second-order valence-corrected chi connectivity index (χ2v) is 6.14. The molecule has 0 aromatic carbocycles. The first kappa shape index (κ1) is 16.7. The number of carbonyl (C=O) groups is 2. The molecule has 1 amide bonds. The van der Waals surface area contributed by atoms with E-state index in [1.54, 1.807) is 0 Å². The summed E-state index contributed by atoms with van der Waals surface area (Å²) >= 11 is 0.926. The lowest BCUT2D eigenvalue weighted by Gasteiger charge is -2.32. The molecule has 2 heterocycles. The predicted molar refractivity (Wildman–Crippen MR) is 72.5 cm³/mol. The number of carboxylic acid groups (broad SMARTS) is 1. The molecule has 1 aromatic heterocycles. The number of thiazole rings is 1. The van der Waals surface area contributed by atoms with Gasteiger partial charge in [0.15, 0.2) is 5.69 Å². The number of carbonyl (C=O) groups excluding carboxylic acids is 1. The number of hydrogen-bond acceptors (Lipinski definition) is 4. The third kappa shape index (κ3) is 3.57. The van der Waals surface area contributed by atoms with Crippen LogP contribution in [0.2, 0.25) is 0 Å². The standard InChI is InChI=1S/C13H15F3N2O3S/c1-7(12(20)21)11(19)18-4-2-3-8(5-18)10-17-9(6-22-10)13(14,15)16/h6-8H,2-5H2,1H3,(H,20,21). The summed E-state index contributed by atoms with van der Waals surface area (Å²) in [6.07, 6.45) is -3.23. The summed E-state index contributed by atoms with van der Waals surface area (Å²) < 4.78 is 37.7. The van der Waals surface area contributed by atoms with E-state index >= 15 is 0 Å². The fourth-order valence-electron chi connectivity index (χ4n) is 2.36. The van der Waals surface area contributed by atoms with Gasteiger partial charge in [0, 0.05) is 24.4 Å². The molecular weight excluding hydrogens is 321 g/mol. The van der Waals surface area contributed by atoms with E-state index in [2.05, 4.69) is 4.98 Å². The highest BCUT2D eigenvalue weighted by molar-refractivity contribution is 7.09. The Morgan fingerprint density at radius 1 is 1.50 bits per heavy atom. The summed E-state index contributed by atoms with van der Waals surface area (Å²) in [6.45, 7) is 1.94. The molecule has 0 spiro atoms. The summed E-state index contributed by atoms with van der Waals surface area (Å²) in [6, 6.07) is 0. The lowest BCUT2D eigenvalue weighted by Crippen LogP contribution is -2.43. The largest absolute Gasteiger partial charge is 0.481 e. The summed E-state index contributed by atoms with van der Waals surface area (Å²) in [5.41, 5.74) is -0.921. The molecule has 1 saturated heterocycles. The fraction of sp³-hybridized carbons (Fsp3) is 0.615. The molecule has 22 heavy (non-hydrogen) atoms. The van der Waals surface area contributed by atoms with Crippen molar-refractivity contribution in [2.75, 3.05) is 13.1 Å². The van der Waals surface area contributed by atoms with Crippen LogP contribution >= 0.6 is 11.3 Å². The molecule has 2 rings (SSSR count). The Hall–Kier alpha value is -1.64. The Morgan fingerprint density at radius 2 is 2.18 bits per heavy atom. The molecule has 2 unspecified atom stereocenters. The lowest BCUT2D eigenvalue weighted by molar-refractivity contribution is -0.151. The molecule has 0 bridgehead atoms. The number of likely N-dealkylation sites (tertiary alicyclic amines) is 1. The molecule has 5 nitrogen and oxygen atoms in total. The molecule has 1 N–H and O–H groups in total. The Morgan fingerprint density at radius 3 is 2.73 bits per heavy atom. The van der Waals surface area contributed by atoms with Gasteiger partial charge < -0.3 is 10.0 Å². The molecule has 9 heteroatoms. The second kappa shape index (κ2) is 6.23. The van der Waals surface area contributed by atoms with Crippen LogP contribution in [0, 0.1) is 5.92 Å². The van der Waals surface area contributed by atoms with Crippen molar-refractivity contribution in [1.82, 2.24) is 9.88 Å². The minimum Gasteiger partial charge on any atom is -0.481 e. The zero-order valence-corrected chi connectivity index (χ0v) is 12.6. The maximum Gasteiger partial charge on any atom is 0.434 e. The van der Waals surface area contributed by atoms with Crippen LogP contribution in [0.1, 0.15) is 36.4 Å². The highest BCUT2D eigenvalue weighted by Gasteiger charge is 2.36. The number of carboxylic acids is 1. The molecule has 1 aliphatic heterocycles. The van der Waals surface area contributed by atoms with E-state index in [-0.39, 0.29) is 12.5 Å². The molecule has 2 atom stereocenters. The van der Waals surface area contributed by atoms with E-state index in [1.807, 2.05) is 0 Å². The summed E-state index contributed by atoms with van der Waals surface area (Å²) in [5.74, 6) is -3.15. The van der Waals surface area contributed by atoms with Crippen LogP contribution in [0.4, 0.5) is 13.2 Å². The van der Waals surface area contributed by atoms with Crippen LogP contribution < -0.4 is 0 Å². The van der Waals surface area contributed by atoms with Gasteiger partial charge in [-0.15, -0.1) is 11.3 Å². The van der Waals surface area contributed by atoms with Crippen molar-refractivity contribution < 1.29 is 27.9 Å². The van der Waals surface area contributed by atoms with Crippen LogP contribution in [0.15, 0.2) is 5.38 Å². The van der Waals surface area contributed by atoms with Gasteiger partial charge in [0.1, 0.15) is 5.92 Å². The van der Waals surface area contributed by atoms with Gasteiger partial charge in [-0.1, -0.05) is 0 Å². The molecule has 1 aliphatic rings. The van der Waals surface area contributed by atoms with Crippen LogP contribution in [-0.2, 0) is 15.8 Å². The van der Waals surface area contributed by atoms with Crippen LogP contribution in [0.25, 0.3) is 0 Å². The topological polar surface area (TPSA) is 70.5 Å². The van der Waals surface area contributed by atoms with Gasteiger partial charge in [-0.25, -0.2) is 4.98 Å². The van der Waals surface area contributed by atoms with E-state index in [4.69, 9.17) is 5.11 Å². The highest BCUT2D eigenvalue weighted by atomic mass is 32.1. The van der Waals surface area contributed by atoms with Crippen LogP contribution in [0.3, 0.4) is 0 Å². The van der Waals surface area contributed by atoms with E-state index in [0.29, 0.717) is 24.4 Å². The summed E-state index contributed by atoms with van der Waals surface area (Å²) in [4.78, 5) is 27.9. The molecule has 1 aromatic rings. The molecule has 0 radical (unpaired) electrons. The van der Waals surface area contributed by atoms with Gasteiger partial charge in [0.05, 0.1) is 5.01 Å². The quantitative estimate of drug-likeness (QED) is 0.862. The SMILES string of the molecule is CC(C(=O)O)C(=O)N1CCCC(c2nc(C(F)(F)F)cs2)C1. The number of nitrogens with zero attached hydrogens (tertiary/aromatic N) is 2. The molecule has 0 saturated carbocycles. The minimum absolute atomic E-state index is 0.210. The summed E-state index contributed by atoms with van der Waals surface area (Å²) in [5, 5.41) is 10.2. The Balaban J connectivity index is 2.09. The van der Waals surface area contributed by atoms with Gasteiger partial charge in [-0.2, -0.15) is 13.2 Å². The zero-order chi connectivity index (χ0) is 16.5. The third-order valence-corrected chi connectivity index (χ3v) is 4.64. The number of piperidine rings is 1. The zero-order valence-electron chi connectivity index (χ0n) is 11.8. The average molecular weight is 336 g/mol. The first-order chi connectivity index (χ1) is 10.2. The Kier molecular flexibility index (Phi) is 4.74. The van der Waals surface area contributed by atoms with Gasteiger partial charge in [0.2, 0.25) is 5.91 Å². The van der Waals surface area contributed by atoms with E-state index in [1.165, 1.54) is 11.8 Å². The van der Waals surface area contributed by atoms with Gasteiger partial charge in [-0.05, 0) is 19.8 Å². The first-order valence-corrected chi connectivity index (χ1v) is 7.62. The van der Waals surface area contributed by atoms with Crippen LogP contribution in [0.5, 0.6) is 0 Å². The van der Waals surface area contributed by atoms with E-state index in [9.17, 15) is 22.8 Å². The van der Waals surface area contributed by atoms with Crippen molar-refractivity contribution >= 4 is 23.2 Å². The smallest absolute Gasteiger partial charge is 0.434 e. The number of halogens is 3. The third-order valence-electron chi connectivity index (χ3n) is 3.64. The fourth-order valence-corrected chi connectivity index (χ4v) is 3.32. The molecule has 1 fully saturated rings. The van der Waals surface area contributed by atoms with Crippen molar-refractivity contribution in [3.63, 3.8) is 0 Å². The van der Waals surface area contributed by atoms with Gasteiger partial charge in [0.25, 0.3) is 0 Å². The predicted octanol–water partition coefficient (Wildman–Crippen LogP) is 2.59. The van der Waals surface area contributed by atoms with Crippen molar-refractivity contribution in [3.05, 3.63) is 16.1 Å². The lowest BCUT2D eigenvalue weighted by atomic mass is 9.97. The number of aliphatic carboxylic acids is 1. The molecule has 122 valence electrons. The first-order valence-electron chi connectivity index (χ1n) is 6.74. The highest BCUT2D eigenvalue weighted by Crippen LogP contribution is 2.35. The number of amides is 1. The molecular formula is C13H15F3N2O3S. The Labute approximate surface area is 128 Å². The van der Waals surface area contributed by atoms with E-state index in [0.717, 1.165) is 16.7 Å². The molecule has 0 aliphatic carbocycles. The number of alkyl halides is 3. The normalized spacial score (nSPS) is 20.7. The average Bonchev–Trinajstić information content (AvgIpc) is 2.95. The number of aromatic nitrogens is 1. The minimum atomic E-state index is -4.48. The number of hydrogen-bond donors (Lipinski definition) is 1. The van der Waals surface area contributed by atoms with Crippen molar-refractivity contribution in [1.29, 1.82) is 0 Å². The number of rotatable bonds is 3. The van der Waals surface area contributed by atoms with Crippen molar-refractivity contribution in [3.8, 4) is 0 Å². The van der Waals surface area contributed by atoms with E-state index < -0.39 is 29.7 Å². The Bertz CT molecular complexity index is 573.